The van der Waals surface area contributed by atoms with Crippen LogP contribution in [0.2, 0.25) is 0 Å². The standard InChI is InChI=1S/C14H18N4O2/c1-2-3-6-16-13(19)8-18-9-17-12-5-4-10(15)7-11(12)14(18)20/h4-5,7,9H,2-3,6,8,15H2,1H3,(H,16,19). The van der Waals surface area contributed by atoms with E-state index >= 15 is 0 Å². The van der Waals surface area contributed by atoms with Gasteiger partial charge in [-0.05, 0) is 24.6 Å². The van der Waals surface area contributed by atoms with Crippen molar-refractivity contribution in [2.24, 2.45) is 0 Å². The van der Waals surface area contributed by atoms with Crippen LogP contribution in [-0.4, -0.2) is 22.0 Å². The van der Waals surface area contributed by atoms with Crippen molar-refractivity contribution >= 4 is 22.5 Å². The number of nitrogens with one attached hydrogen (secondary N) is 1. The van der Waals surface area contributed by atoms with Crippen LogP contribution in [0.1, 0.15) is 19.8 Å². The van der Waals surface area contributed by atoms with Gasteiger partial charge in [0.25, 0.3) is 5.56 Å². The predicted molar refractivity (Wildman–Crippen MR) is 78.3 cm³/mol. The van der Waals surface area contributed by atoms with E-state index in [1.807, 2.05) is 6.92 Å². The fraction of sp³-hybridized carbons (Fsp3) is 0.357. The molecule has 0 atom stereocenters. The van der Waals surface area contributed by atoms with Crippen molar-refractivity contribution in [2.45, 2.75) is 26.3 Å². The van der Waals surface area contributed by atoms with E-state index in [4.69, 9.17) is 5.73 Å². The quantitative estimate of drug-likeness (QED) is 0.626. The number of amides is 1. The van der Waals surface area contributed by atoms with Crippen LogP contribution in [0.4, 0.5) is 5.69 Å². The molecule has 0 fully saturated rings. The van der Waals surface area contributed by atoms with Crippen molar-refractivity contribution in [1.29, 1.82) is 0 Å². The molecule has 0 aliphatic rings. The minimum atomic E-state index is -0.257. The maximum Gasteiger partial charge on any atom is 0.261 e. The summed E-state index contributed by atoms with van der Waals surface area (Å²) < 4.78 is 1.29. The lowest BCUT2D eigenvalue weighted by Gasteiger charge is -2.07. The van der Waals surface area contributed by atoms with Gasteiger partial charge in [-0.2, -0.15) is 0 Å². The van der Waals surface area contributed by atoms with Gasteiger partial charge in [0.2, 0.25) is 5.91 Å². The van der Waals surface area contributed by atoms with Gasteiger partial charge in [-0.1, -0.05) is 13.3 Å². The summed E-state index contributed by atoms with van der Waals surface area (Å²) >= 11 is 0. The van der Waals surface area contributed by atoms with E-state index in [2.05, 4.69) is 10.3 Å². The number of hydrogen-bond acceptors (Lipinski definition) is 4. The lowest BCUT2D eigenvalue weighted by molar-refractivity contribution is -0.121. The van der Waals surface area contributed by atoms with Gasteiger partial charge < -0.3 is 11.1 Å². The molecular formula is C14H18N4O2. The molecule has 2 aromatic rings. The van der Waals surface area contributed by atoms with Gasteiger partial charge in [0.05, 0.1) is 17.2 Å². The molecule has 0 aliphatic heterocycles. The number of nitrogen functional groups attached to an aromatic ring is 1. The first-order valence-electron chi connectivity index (χ1n) is 6.63. The average molecular weight is 274 g/mol. The first kappa shape index (κ1) is 14.0. The van der Waals surface area contributed by atoms with Gasteiger partial charge in [0.15, 0.2) is 0 Å². The largest absolute Gasteiger partial charge is 0.399 e. The number of carbonyl (C=O) groups excluding carboxylic acids is 1. The summed E-state index contributed by atoms with van der Waals surface area (Å²) in [6.45, 7) is 2.65. The summed E-state index contributed by atoms with van der Waals surface area (Å²) in [6, 6.07) is 4.96. The number of nitrogens with two attached hydrogens (primary N) is 1. The smallest absolute Gasteiger partial charge is 0.261 e. The number of unbranched alkanes of at least 4 members (excludes halogenated alkanes) is 1. The minimum Gasteiger partial charge on any atom is -0.399 e. The molecular weight excluding hydrogens is 256 g/mol. The third-order valence-corrected chi connectivity index (χ3v) is 3.01. The predicted octanol–water partition coefficient (Wildman–Crippen LogP) is 0.895. The Hall–Kier alpha value is -2.37. The van der Waals surface area contributed by atoms with Crippen molar-refractivity contribution in [3.8, 4) is 0 Å². The van der Waals surface area contributed by atoms with Crippen LogP contribution >= 0.6 is 0 Å². The highest BCUT2D eigenvalue weighted by Gasteiger charge is 2.08. The molecule has 6 nitrogen and oxygen atoms in total. The van der Waals surface area contributed by atoms with Gasteiger partial charge in [-0.25, -0.2) is 4.98 Å². The Balaban J connectivity index is 2.21. The zero-order valence-corrected chi connectivity index (χ0v) is 11.4. The zero-order chi connectivity index (χ0) is 14.5. The van der Waals surface area contributed by atoms with Crippen molar-refractivity contribution in [3.63, 3.8) is 0 Å². The van der Waals surface area contributed by atoms with E-state index in [0.29, 0.717) is 23.1 Å². The molecule has 6 heteroatoms. The topological polar surface area (TPSA) is 90.0 Å². The van der Waals surface area contributed by atoms with Gasteiger partial charge >= 0.3 is 0 Å². The minimum absolute atomic E-state index is 0.0275. The Morgan fingerprint density at radius 3 is 3.00 bits per heavy atom. The van der Waals surface area contributed by atoms with Gasteiger partial charge in [0.1, 0.15) is 6.54 Å². The maximum absolute atomic E-state index is 12.2. The second kappa shape index (κ2) is 6.18. The second-order valence-corrected chi connectivity index (χ2v) is 4.66. The molecule has 0 radical (unpaired) electrons. The van der Waals surface area contributed by atoms with E-state index < -0.39 is 0 Å². The summed E-state index contributed by atoms with van der Waals surface area (Å²) in [6.07, 6.45) is 3.32. The van der Waals surface area contributed by atoms with E-state index in [-0.39, 0.29) is 18.0 Å². The van der Waals surface area contributed by atoms with Gasteiger partial charge in [0, 0.05) is 12.2 Å². The normalized spacial score (nSPS) is 10.7. The summed E-state index contributed by atoms with van der Waals surface area (Å²) in [5, 5.41) is 3.19. The Kier molecular flexibility index (Phi) is 4.34. The van der Waals surface area contributed by atoms with E-state index in [1.165, 1.54) is 10.9 Å². The summed E-state index contributed by atoms with van der Waals surface area (Å²) in [4.78, 5) is 28.1. The van der Waals surface area contributed by atoms with E-state index in [1.54, 1.807) is 18.2 Å². The van der Waals surface area contributed by atoms with Gasteiger partial charge in [-0.3, -0.25) is 14.2 Å². The Morgan fingerprint density at radius 1 is 1.45 bits per heavy atom. The summed E-state index contributed by atoms with van der Waals surface area (Å²) in [5.41, 5.74) is 6.49. The number of aromatic nitrogens is 2. The third-order valence-electron chi connectivity index (χ3n) is 3.01. The van der Waals surface area contributed by atoms with Crippen LogP contribution < -0.4 is 16.6 Å². The molecule has 2 rings (SSSR count). The highest BCUT2D eigenvalue weighted by molar-refractivity contribution is 5.81. The van der Waals surface area contributed by atoms with E-state index in [0.717, 1.165) is 12.8 Å². The number of rotatable bonds is 5. The molecule has 1 heterocycles. The zero-order valence-electron chi connectivity index (χ0n) is 11.4. The Bertz CT molecular complexity index is 678. The molecule has 1 aromatic carbocycles. The molecule has 0 spiro atoms. The first-order valence-corrected chi connectivity index (χ1v) is 6.63. The molecule has 0 aliphatic carbocycles. The first-order chi connectivity index (χ1) is 9.61. The monoisotopic (exact) mass is 274 g/mol. The number of fused-ring (bicyclic) bond motifs is 1. The molecule has 106 valence electrons. The summed E-state index contributed by atoms with van der Waals surface area (Å²) in [7, 11) is 0. The molecule has 0 bridgehead atoms. The molecule has 1 amide bonds. The van der Waals surface area contributed by atoms with Crippen molar-refractivity contribution < 1.29 is 4.79 Å². The fourth-order valence-corrected chi connectivity index (χ4v) is 1.90. The third kappa shape index (κ3) is 3.14. The molecule has 3 N–H and O–H groups in total. The SMILES string of the molecule is CCCCNC(=O)Cn1cnc2ccc(N)cc2c1=O. The van der Waals surface area contributed by atoms with Crippen LogP contribution in [0.5, 0.6) is 0 Å². The van der Waals surface area contributed by atoms with Crippen molar-refractivity contribution in [1.82, 2.24) is 14.9 Å². The number of nitrogens with zero attached hydrogens (tertiary/aromatic N) is 2. The van der Waals surface area contributed by atoms with Crippen LogP contribution in [-0.2, 0) is 11.3 Å². The molecule has 0 saturated carbocycles. The number of hydrogen-bond donors (Lipinski definition) is 2. The van der Waals surface area contributed by atoms with Crippen LogP contribution in [0.3, 0.4) is 0 Å². The van der Waals surface area contributed by atoms with Gasteiger partial charge in [-0.15, -0.1) is 0 Å². The molecule has 1 aromatic heterocycles. The average Bonchev–Trinajstić information content (AvgIpc) is 2.43. The molecule has 20 heavy (non-hydrogen) atoms. The number of carbonyl (C=O) groups is 1. The van der Waals surface area contributed by atoms with Crippen LogP contribution in [0, 0.1) is 0 Å². The van der Waals surface area contributed by atoms with Crippen LogP contribution in [0.25, 0.3) is 10.9 Å². The highest BCUT2D eigenvalue weighted by Crippen LogP contribution is 2.10. The van der Waals surface area contributed by atoms with E-state index in [9.17, 15) is 9.59 Å². The maximum atomic E-state index is 12.2. The Labute approximate surface area is 116 Å². The number of benzene rings is 1. The fourth-order valence-electron chi connectivity index (χ4n) is 1.90. The second-order valence-electron chi connectivity index (χ2n) is 4.66. The van der Waals surface area contributed by atoms with Crippen molar-refractivity contribution in [3.05, 3.63) is 34.9 Å². The lowest BCUT2D eigenvalue weighted by atomic mass is 10.2. The number of anilines is 1. The van der Waals surface area contributed by atoms with Crippen molar-refractivity contribution in [2.75, 3.05) is 12.3 Å². The molecule has 0 unspecified atom stereocenters. The lowest BCUT2D eigenvalue weighted by Crippen LogP contribution is -2.32. The highest BCUT2D eigenvalue weighted by atomic mass is 16.2. The summed E-state index contributed by atoms with van der Waals surface area (Å²) in [5.74, 6) is -0.189. The van der Waals surface area contributed by atoms with Crippen LogP contribution in [0.15, 0.2) is 29.3 Å². The Morgan fingerprint density at radius 2 is 2.25 bits per heavy atom. The molecule has 0 saturated heterocycles.